The lowest BCUT2D eigenvalue weighted by atomic mass is 10.1. The molecule has 1 heterocycles. The molecule has 6 heteroatoms. The average molecular weight is 301 g/mol. The largest absolute Gasteiger partial charge is 0.493 e. The maximum absolute atomic E-state index is 11.6. The molecule has 0 aromatic heterocycles. The van der Waals surface area contributed by atoms with Crippen LogP contribution in [0.25, 0.3) is 0 Å². The van der Waals surface area contributed by atoms with Crippen molar-refractivity contribution in [2.75, 3.05) is 26.9 Å². The average Bonchev–Trinajstić information content (AvgIpc) is 2.86. The number of hydrogen-bond donors (Lipinski definition) is 2. The lowest BCUT2D eigenvalue weighted by molar-refractivity contribution is -0.123. The predicted octanol–water partition coefficient (Wildman–Crippen LogP) is 0.676. The van der Waals surface area contributed by atoms with Crippen LogP contribution < -0.4 is 15.8 Å². The fourth-order valence-electron chi connectivity index (χ4n) is 2.11. The second kappa shape index (κ2) is 8.09. The molecule has 0 radical (unpaired) electrons. The molecule has 1 aliphatic rings. The summed E-state index contributed by atoms with van der Waals surface area (Å²) >= 11 is 0. The van der Waals surface area contributed by atoms with Gasteiger partial charge in [0, 0.05) is 20.1 Å². The first-order chi connectivity index (χ1) is 9.20. The van der Waals surface area contributed by atoms with Gasteiger partial charge >= 0.3 is 0 Å². The van der Waals surface area contributed by atoms with Crippen molar-refractivity contribution in [3.05, 3.63) is 29.3 Å². The number of hydrogen-bond acceptors (Lipinski definition) is 4. The van der Waals surface area contributed by atoms with Crippen LogP contribution in [0.5, 0.6) is 5.75 Å². The van der Waals surface area contributed by atoms with E-state index in [0.29, 0.717) is 6.54 Å². The Labute approximate surface area is 125 Å². The van der Waals surface area contributed by atoms with Crippen molar-refractivity contribution in [1.29, 1.82) is 0 Å². The first kappa shape index (κ1) is 16.8. The third-order valence-corrected chi connectivity index (χ3v) is 3.15. The monoisotopic (exact) mass is 300 g/mol. The van der Waals surface area contributed by atoms with Crippen LogP contribution in [0.2, 0.25) is 0 Å². The second-order valence-electron chi connectivity index (χ2n) is 4.64. The standard InChI is InChI=1S/C14H20N2O3.ClH/c1-18-9-12(15)14(17)16-6-4-10-2-3-13-11(8-10)5-7-19-13;/h2-3,8,12H,4-7,9,15H2,1H3,(H,16,17);1H. The van der Waals surface area contributed by atoms with Gasteiger partial charge in [0.1, 0.15) is 11.8 Å². The Kier molecular flexibility index (Phi) is 6.78. The van der Waals surface area contributed by atoms with Gasteiger partial charge in [-0.15, -0.1) is 12.4 Å². The summed E-state index contributed by atoms with van der Waals surface area (Å²) in [6.07, 6.45) is 1.76. The van der Waals surface area contributed by atoms with E-state index >= 15 is 0 Å². The van der Waals surface area contributed by atoms with E-state index in [9.17, 15) is 4.79 Å². The van der Waals surface area contributed by atoms with Crippen LogP contribution in [0, 0.1) is 0 Å². The van der Waals surface area contributed by atoms with Crippen molar-refractivity contribution in [2.45, 2.75) is 18.9 Å². The summed E-state index contributed by atoms with van der Waals surface area (Å²) in [7, 11) is 1.53. The molecule has 5 nitrogen and oxygen atoms in total. The summed E-state index contributed by atoms with van der Waals surface area (Å²) in [6.45, 7) is 1.58. The fraction of sp³-hybridized carbons (Fsp3) is 0.500. The fourth-order valence-corrected chi connectivity index (χ4v) is 2.11. The molecule has 1 aromatic carbocycles. The van der Waals surface area contributed by atoms with E-state index in [1.165, 1.54) is 18.2 Å². The minimum atomic E-state index is -0.599. The highest BCUT2D eigenvalue weighted by Gasteiger charge is 2.13. The Hall–Kier alpha value is -1.30. The third kappa shape index (κ3) is 4.37. The number of halogens is 1. The van der Waals surface area contributed by atoms with Gasteiger partial charge in [0.25, 0.3) is 0 Å². The van der Waals surface area contributed by atoms with Crippen LogP contribution in [0.15, 0.2) is 18.2 Å². The summed E-state index contributed by atoms with van der Waals surface area (Å²) in [5, 5.41) is 2.81. The molecule has 1 atom stereocenters. The minimum absolute atomic E-state index is 0. The number of rotatable bonds is 6. The number of carbonyl (C=O) groups excluding carboxylic acids is 1. The molecule has 0 spiro atoms. The van der Waals surface area contributed by atoms with Crippen LogP contribution in [0.4, 0.5) is 0 Å². The van der Waals surface area contributed by atoms with Crippen molar-refractivity contribution in [2.24, 2.45) is 5.73 Å². The van der Waals surface area contributed by atoms with E-state index in [4.69, 9.17) is 15.2 Å². The van der Waals surface area contributed by atoms with Gasteiger partial charge in [-0.25, -0.2) is 0 Å². The molecule has 20 heavy (non-hydrogen) atoms. The topological polar surface area (TPSA) is 73.6 Å². The highest BCUT2D eigenvalue weighted by atomic mass is 35.5. The molecule has 3 N–H and O–H groups in total. The minimum Gasteiger partial charge on any atom is -0.493 e. The zero-order chi connectivity index (χ0) is 13.7. The molecular formula is C14H21ClN2O3. The van der Waals surface area contributed by atoms with E-state index < -0.39 is 6.04 Å². The number of ether oxygens (including phenoxy) is 2. The van der Waals surface area contributed by atoms with Gasteiger partial charge in [-0.2, -0.15) is 0 Å². The summed E-state index contributed by atoms with van der Waals surface area (Å²) in [4.78, 5) is 11.6. The molecule has 0 saturated heterocycles. The molecule has 0 fully saturated rings. The van der Waals surface area contributed by atoms with E-state index in [0.717, 1.165) is 25.2 Å². The zero-order valence-corrected chi connectivity index (χ0v) is 12.4. The maximum Gasteiger partial charge on any atom is 0.239 e. The Morgan fingerprint density at radius 1 is 1.55 bits per heavy atom. The van der Waals surface area contributed by atoms with Crippen molar-refractivity contribution in [1.82, 2.24) is 5.32 Å². The van der Waals surface area contributed by atoms with Crippen LogP contribution in [0.3, 0.4) is 0 Å². The molecule has 1 aliphatic heterocycles. The van der Waals surface area contributed by atoms with E-state index in [1.54, 1.807) is 0 Å². The molecular weight excluding hydrogens is 280 g/mol. The zero-order valence-electron chi connectivity index (χ0n) is 11.6. The number of nitrogens with one attached hydrogen (secondary N) is 1. The molecule has 0 bridgehead atoms. The number of nitrogens with two attached hydrogens (primary N) is 1. The number of fused-ring (bicyclic) bond motifs is 1. The quantitative estimate of drug-likeness (QED) is 0.810. The molecule has 1 aromatic rings. The van der Waals surface area contributed by atoms with Crippen molar-refractivity contribution >= 4 is 18.3 Å². The first-order valence-electron chi connectivity index (χ1n) is 6.47. The van der Waals surface area contributed by atoms with Gasteiger partial charge in [-0.1, -0.05) is 12.1 Å². The molecule has 1 unspecified atom stereocenters. The Morgan fingerprint density at radius 3 is 3.10 bits per heavy atom. The summed E-state index contributed by atoms with van der Waals surface area (Å²) < 4.78 is 10.3. The first-order valence-corrected chi connectivity index (χ1v) is 6.47. The number of benzene rings is 1. The Bertz CT molecular complexity index is 454. The lowest BCUT2D eigenvalue weighted by Crippen LogP contribution is -2.44. The summed E-state index contributed by atoms with van der Waals surface area (Å²) in [6, 6.07) is 5.57. The highest BCUT2D eigenvalue weighted by molar-refractivity contribution is 5.85. The van der Waals surface area contributed by atoms with Crippen molar-refractivity contribution in [3.8, 4) is 5.75 Å². The van der Waals surface area contributed by atoms with Gasteiger partial charge < -0.3 is 20.5 Å². The number of carbonyl (C=O) groups is 1. The Balaban J connectivity index is 0.00000200. The lowest BCUT2D eigenvalue weighted by Gasteiger charge is -2.11. The molecule has 2 rings (SSSR count). The van der Waals surface area contributed by atoms with Crippen LogP contribution in [-0.4, -0.2) is 38.8 Å². The van der Waals surface area contributed by atoms with Crippen molar-refractivity contribution in [3.63, 3.8) is 0 Å². The van der Waals surface area contributed by atoms with Gasteiger partial charge in [0.2, 0.25) is 5.91 Å². The maximum atomic E-state index is 11.6. The highest BCUT2D eigenvalue weighted by Crippen LogP contribution is 2.25. The molecule has 0 saturated carbocycles. The second-order valence-corrected chi connectivity index (χ2v) is 4.64. The SMILES string of the molecule is COCC(N)C(=O)NCCc1ccc2c(c1)CCO2.Cl. The number of amides is 1. The molecule has 0 aliphatic carbocycles. The number of methoxy groups -OCH3 is 1. The summed E-state index contributed by atoms with van der Waals surface area (Å²) in [5.74, 6) is 0.807. The van der Waals surface area contributed by atoms with Gasteiger partial charge in [0.05, 0.1) is 13.2 Å². The smallest absolute Gasteiger partial charge is 0.239 e. The van der Waals surface area contributed by atoms with Crippen LogP contribution >= 0.6 is 12.4 Å². The van der Waals surface area contributed by atoms with Gasteiger partial charge in [-0.3, -0.25) is 4.79 Å². The van der Waals surface area contributed by atoms with E-state index in [-0.39, 0.29) is 24.9 Å². The Morgan fingerprint density at radius 2 is 2.35 bits per heavy atom. The van der Waals surface area contributed by atoms with Gasteiger partial charge in [-0.05, 0) is 23.6 Å². The predicted molar refractivity (Wildman–Crippen MR) is 79.5 cm³/mol. The van der Waals surface area contributed by atoms with E-state index in [2.05, 4.69) is 11.4 Å². The van der Waals surface area contributed by atoms with Gasteiger partial charge in [0.15, 0.2) is 0 Å². The third-order valence-electron chi connectivity index (χ3n) is 3.15. The molecule has 112 valence electrons. The van der Waals surface area contributed by atoms with Crippen LogP contribution in [-0.2, 0) is 22.4 Å². The van der Waals surface area contributed by atoms with Crippen LogP contribution in [0.1, 0.15) is 11.1 Å². The van der Waals surface area contributed by atoms with Crippen molar-refractivity contribution < 1.29 is 14.3 Å². The molecule has 1 amide bonds. The summed E-state index contributed by atoms with van der Waals surface area (Å²) in [5.41, 5.74) is 8.08. The van der Waals surface area contributed by atoms with E-state index in [1.807, 2.05) is 12.1 Å². The normalized spacial score (nSPS) is 13.9.